The van der Waals surface area contributed by atoms with Gasteiger partial charge >= 0.3 is 0 Å². The van der Waals surface area contributed by atoms with Crippen LogP contribution in [0.1, 0.15) is 24.2 Å². The first kappa shape index (κ1) is 15.7. The van der Waals surface area contributed by atoms with Crippen molar-refractivity contribution < 1.29 is 18.7 Å². The summed E-state index contributed by atoms with van der Waals surface area (Å²) in [6.07, 6.45) is -0.757. The van der Waals surface area contributed by atoms with Gasteiger partial charge in [-0.25, -0.2) is 4.39 Å². The van der Waals surface area contributed by atoms with Crippen molar-refractivity contribution in [3.63, 3.8) is 0 Å². The lowest BCUT2D eigenvalue weighted by Gasteiger charge is -2.15. The Morgan fingerprint density at radius 2 is 1.82 bits per heavy atom. The zero-order valence-electron chi connectivity index (χ0n) is 12.3. The van der Waals surface area contributed by atoms with Gasteiger partial charge in [0.2, 0.25) is 0 Å². The molecule has 0 spiro atoms. The maximum absolute atomic E-state index is 12.8. The second-order valence-corrected chi connectivity index (χ2v) is 4.84. The highest BCUT2D eigenvalue weighted by molar-refractivity contribution is 5.95. The van der Waals surface area contributed by atoms with Crippen molar-refractivity contribution >= 4 is 17.4 Å². The first-order chi connectivity index (χ1) is 10.5. The quantitative estimate of drug-likeness (QED) is 0.861. The van der Waals surface area contributed by atoms with Gasteiger partial charge in [0.05, 0.1) is 0 Å². The number of amides is 1. The van der Waals surface area contributed by atoms with E-state index >= 15 is 0 Å². The Kier molecular flexibility index (Phi) is 4.88. The fraction of sp³-hybridized carbons (Fsp3) is 0.176. The Balaban J connectivity index is 2.00. The van der Waals surface area contributed by atoms with Crippen molar-refractivity contribution in [3.05, 3.63) is 59.9 Å². The number of hydrogen-bond acceptors (Lipinski definition) is 3. The fourth-order valence-corrected chi connectivity index (χ4v) is 1.82. The molecule has 0 aliphatic carbocycles. The molecule has 1 amide bonds. The number of benzene rings is 2. The first-order valence-corrected chi connectivity index (χ1v) is 6.80. The third-order valence-corrected chi connectivity index (χ3v) is 3.03. The van der Waals surface area contributed by atoms with Crippen molar-refractivity contribution in [2.45, 2.75) is 20.0 Å². The minimum absolute atomic E-state index is 0.0751. The maximum Gasteiger partial charge on any atom is 0.265 e. The van der Waals surface area contributed by atoms with Crippen molar-refractivity contribution in [1.29, 1.82) is 0 Å². The number of rotatable bonds is 5. The van der Waals surface area contributed by atoms with Crippen molar-refractivity contribution in [2.24, 2.45) is 0 Å². The number of anilines is 1. The number of ether oxygens (including phenoxy) is 1. The van der Waals surface area contributed by atoms with Gasteiger partial charge in [-0.2, -0.15) is 0 Å². The Morgan fingerprint density at radius 3 is 2.45 bits per heavy atom. The van der Waals surface area contributed by atoms with Crippen LogP contribution in [0, 0.1) is 5.82 Å². The number of carbonyl (C=O) groups is 2. The van der Waals surface area contributed by atoms with Gasteiger partial charge in [-0.15, -0.1) is 0 Å². The SMILES string of the molecule is CC(=O)c1cccc(O[C@H](C)C(=O)Nc2ccc(F)cc2)c1. The molecule has 22 heavy (non-hydrogen) atoms. The van der Waals surface area contributed by atoms with Gasteiger partial charge in [0.1, 0.15) is 11.6 Å². The minimum atomic E-state index is -0.757. The molecule has 2 aromatic carbocycles. The lowest BCUT2D eigenvalue weighted by Crippen LogP contribution is -2.30. The van der Waals surface area contributed by atoms with Crippen LogP contribution in [0.3, 0.4) is 0 Å². The second-order valence-electron chi connectivity index (χ2n) is 4.84. The van der Waals surface area contributed by atoms with Crippen LogP contribution in [0.5, 0.6) is 5.75 Å². The van der Waals surface area contributed by atoms with Gasteiger partial charge in [0, 0.05) is 11.3 Å². The molecule has 2 aromatic rings. The van der Waals surface area contributed by atoms with Gasteiger partial charge in [0.25, 0.3) is 5.91 Å². The summed E-state index contributed by atoms with van der Waals surface area (Å²) in [4.78, 5) is 23.3. The van der Waals surface area contributed by atoms with Crippen LogP contribution in [-0.2, 0) is 4.79 Å². The summed E-state index contributed by atoms with van der Waals surface area (Å²) in [7, 11) is 0. The van der Waals surface area contributed by atoms with Gasteiger partial charge in [0.15, 0.2) is 11.9 Å². The standard InChI is InChI=1S/C17H16FNO3/c1-11(20)13-4-3-5-16(10-13)22-12(2)17(21)19-15-8-6-14(18)7-9-15/h3-10,12H,1-2H3,(H,19,21)/t12-/m1/s1. The molecular weight excluding hydrogens is 285 g/mol. The van der Waals surface area contributed by atoms with E-state index in [9.17, 15) is 14.0 Å². The van der Waals surface area contributed by atoms with Crippen LogP contribution in [0.4, 0.5) is 10.1 Å². The van der Waals surface area contributed by atoms with Crippen LogP contribution in [0.25, 0.3) is 0 Å². The normalized spacial score (nSPS) is 11.6. The molecule has 1 N–H and O–H groups in total. The van der Waals surface area contributed by atoms with Crippen LogP contribution in [-0.4, -0.2) is 17.8 Å². The van der Waals surface area contributed by atoms with E-state index in [1.807, 2.05) is 0 Å². The smallest absolute Gasteiger partial charge is 0.265 e. The topological polar surface area (TPSA) is 55.4 Å². The van der Waals surface area contributed by atoms with E-state index in [1.165, 1.54) is 31.2 Å². The highest BCUT2D eigenvalue weighted by Gasteiger charge is 2.15. The summed E-state index contributed by atoms with van der Waals surface area (Å²) in [5.41, 5.74) is 1.00. The molecule has 4 nitrogen and oxygen atoms in total. The lowest BCUT2D eigenvalue weighted by molar-refractivity contribution is -0.122. The molecule has 0 aromatic heterocycles. The molecule has 0 aliphatic rings. The predicted molar refractivity (Wildman–Crippen MR) is 81.6 cm³/mol. The van der Waals surface area contributed by atoms with E-state index in [2.05, 4.69) is 5.32 Å². The molecular formula is C17H16FNO3. The number of carbonyl (C=O) groups excluding carboxylic acids is 2. The molecule has 0 aliphatic heterocycles. The molecule has 0 bridgehead atoms. The molecule has 0 fully saturated rings. The van der Waals surface area contributed by atoms with Crippen LogP contribution in [0.15, 0.2) is 48.5 Å². The number of hydrogen-bond donors (Lipinski definition) is 1. The van der Waals surface area contributed by atoms with Gasteiger partial charge in [-0.1, -0.05) is 12.1 Å². The summed E-state index contributed by atoms with van der Waals surface area (Å²) in [5, 5.41) is 2.63. The van der Waals surface area contributed by atoms with E-state index in [-0.39, 0.29) is 17.5 Å². The third-order valence-electron chi connectivity index (χ3n) is 3.03. The average Bonchev–Trinajstić information content (AvgIpc) is 2.49. The van der Waals surface area contributed by atoms with Crippen LogP contribution >= 0.6 is 0 Å². The largest absolute Gasteiger partial charge is 0.481 e. The zero-order valence-corrected chi connectivity index (χ0v) is 12.3. The molecule has 114 valence electrons. The highest BCUT2D eigenvalue weighted by atomic mass is 19.1. The minimum Gasteiger partial charge on any atom is -0.481 e. The van der Waals surface area contributed by atoms with Crippen molar-refractivity contribution in [2.75, 3.05) is 5.32 Å². The molecule has 0 saturated carbocycles. The number of nitrogens with one attached hydrogen (secondary N) is 1. The van der Waals surface area contributed by atoms with Gasteiger partial charge < -0.3 is 10.1 Å². The van der Waals surface area contributed by atoms with Crippen molar-refractivity contribution in [3.8, 4) is 5.75 Å². The molecule has 5 heteroatoms. The van der Waals surface area contributed by atoms with E-state index in [4.69, 9.17) is 4.74 Å². The second kappa shape index (κ2) is 6.85. The summed E-state index contributed by atoms with van der Waals surface area (Å²) in [6.45, 7) is 3.06. The van der Waals surface area contributed by atoms with Crippen LogP contribution < -0.4 is 10.1 Å². The van der Waals surface area contributed by atoms with E-state index in [1.54, 1.807) is 31.2 Å². The molecule has 2 rings (SSSR count). The summed E-state index contributed by atoms with van der Waals surface area (Å²) >= 11 is 0. The third kappa shape index (κ3) is 4.15. The summed E-state index contributed by atoms with van der Waals surface area (Å²) in [5.74, 6) is -0.369. The maximum atomic E-state index is 12.8. The Bertz CT molecular complexity index is 683. The molecule has 0 radical (unpaired) electrons. The van der Waals surface area contributed by atoms with E-state index in [0.29, 0.717) is 17.0 Å². The van der Waals surface area contributed by atoms with Crippen molar-refractivity contribution in [1.82, 2.24) is 0 Å². The highest BCUT2D eigenvalue weighted by Crippen LogP contribution is 2.16. The summed E-state index contributed by atoms with van der Waals surface area (Å²) in [6, 6.07) is 12.1. The molecule has 0 heterocycles. The monoisotopic (exact) mass is 301 g/mol. The van der Waals surface area contributed by atoms with Gasteiger partial charge in [-0.3, -0.25) is 9.59 Å². The Labute approximate surface area is 127 Å². The van der Waals surface area contributed by atoms with E-state index < -0.39 is 6.10 Å². The Hall–Kier alpha value is -2.69. The predicted octanol–water partition coefficient (Wildman–Crippen LogP) is 3.43. The number of halogens is 1. The molecule has 0 unspecified atom stereocenters. The lowest BCUT2D eigenvalue weighted by atomic mass is 10.1. The number of ketones is 1. The van der Waals surface area contributed by atoms with E-state index in [0.717, 1.165) is 0 Å². The molecule has 0 saturated heterocycles. The van der Waals surface area contributed by atoms with Crippen LogP contribution in [0.2, 0.25) is 0 Å². The summed E-state index contributed by atoms with van der Waals surface area (Å²) < 4.78 is 18.3. The average molecular weight is 301 g/mol. The van der Waals surface area contributed by atoms with Gasteiger partial charge in [-0.05, 0) is 50.2 Å². The fourth-order valence-electron chi connectivity index (χ4n) is 1.82. The molecule has 1 atom stereocenters. The zero-order chi connectivity index (χ0) is 16.1. The Morgan fingerprint density at radius 1 is 1.14 bits per heavy atom. The number of Topliss-reactive ketones (excluding diaryl/α,β-unsaturated/α-hetero) is 1. The first-order valence-electron chi connectivity index (χ1n) is 6.80.